The van der Waals surface area contributed by atoms with Crippen molar-refractivity contribution in [2.24, 2.45) is 0 Å². The summed E-state index contributed by atoms with van der Waals surface area (Å²) in [5.41, 5.74) is 7.15. The standard InChI is InChI=1S/C19H21NO/c1-13-5-3-6-14(2)19(13)20-18(21)12-15-9-10-16-7-4-8-17(16)11-15/h3,5-6,9-11H,4,7-8,12H2,1-2H3,(H,20,21). The lowest BCUT2D eigenvalue weighted by molar-refractivity contribution is -0.115. The van der Waals surface area contributed by atoms with E-state index < -0.39 is 0 Å². The molecule has 0 spiro atoms. The molecule has 3 rings (SSSR count). The number of para-hydroxylation sites is 1. The number of hydrogen-bond acceptors (Lipinski definition) is 1. The molecule has 0 saturated heterocycles. The molecule has 0 unspecified atom stereocenters. The number of nitrogens with one attached hydrogen (secondary N) is 1. The molecule has 0 saturated carbocycles. The number of carbonyl (C=O) groups excluding carboxylic acids is 1. The Morgan fingerprint density at radius 3 is 2.52 bits per heavy atom. The second kappa shape index (κ2) is 5.72. The second-order valence-electron chi connectivity index (χ2n) is 5.95. The van der Waals surface area contributed by atoms with Gasteiger partial charge in [0.25, 0.3) is 0 Å². The van der Waals surface area contributed by atoms with Crippen LogP contribution in [0.5, 0.6) is 0 Å². The lowest BCUT2D eigenvalue weighted by Crippen LogP contribution is -2.16. The van der Waals surface area contributed by atoms with Crippen LogP contribution in [0.1, 0.15) is 34.2 Å². The molecule has 21 heavy (non-hydrogen) atoms. The van der Waals surface area contributed by atoms with Crippen LogP contribution in [0.4, 0.5) is 5.69 Å². The van der Waals surface area contributed by atoms with Crippen LogP contribution < -0.4 is 5.32 Å². The number of anilines is 1. The minimum Gasteiger partial charge on any atom is -0.325 e. The zero-order valence-electron chi connectivity index (χ0n) is 12.7. The van der Waals surface area contributed by atoms with Crippen LogP contribution in [0.15, 0.2) is 36.4 Å². The Balaban J connectivity index is 1.72. The van der Waals surface area contributed by atoms with Crippen LogP contribution in [0.2, 0.25) is 0 Å². The fraction of sp³-hybridized carbons (Fsp3) is 0.316. The van der Waals surface area contributed by atoms with E-state index in [9.17, 15) is 4.79 Å². The molecule has 108 valence electrons. The number of aryl methyl sites for hydroxylation is 4. The SMILES string of the molecule is Cc1cccc(C)c1NC(=O)Cc1ccc2c(c1)CCC2. The first kappa shape index (κ1) is 13.9. The summed E-state index contributed by atoms with van der Waals surface area (Å²) in [6.07, 6.45) is 4.03. The van der Waals surface area contributed by atoms with E-state index in [1.54, 1.807) is 0 Å². The molecular formula is C19H21NO. The number of rotatable bonds is 3. The molecule has 1 N–H and O–H groups in total. The van der Waals surface area contributed by atoms with Gasteiger partial charge in [0.05, 0.1) is 6.42 Å². The molecule has 2 aromatic carbocycles. The Labute approximate surface area is 126 Å². The molecule has 0 aromatic heterocycles. The highest BCUT2D eigenvalue weighted by molar-refractivity contribution is 5.93. The maximum Gasteiger partial charge on any atom is 0.228 e. The number of hydrogen-bond donors (Lipinski definition) is 1. The van der Waals surface area contributed by atoms with Gasteiger partial charge in [0.15, 0.2) is 0 Å². The minimum atomic E-state index is 0.0605. The fourth-order valence-electron chi connectivity index (χ4n) is 3.12. The van der Waals surface area contributed by atoms with E-state index in [4.69, 9.17) is 0 Å². The third-order valence-corrected chi connectivity index (χ3v) is 4.27. The summed E-state index contributed by atoms with van der Waals surface area (Å²) in [6, 6.07) is 12.5. The molecule has 1 aliphatic rings. The zero-order chi connectivity index (χ0) is 14.8. The highest BCUT2D eigenvalue weighted by atomic mass is 16.1. The summed E-state index contributed by atoms with van der Waals surface area (Å²) < 4.78 is 0. The van der Waals surface area contributed by atoms with Crippen LogP contribution in [0, 0.1) is 13.8 Å². The quantitative estimate of drug-likeness (QED) is 0.905. The van der Waals surface area contributed by atoms with Gasteiger partial charge in [0, 0.05) is 5.69 Å². The molecule has 2 nitrogen and oxygen atoms in total. The first-order valence-corrected chi connectivity index (χ1v) is 7.60. The summed E-state index contributed by atoms with van der Waals surface area (Å²) >= 11 is 0. The zero-order valence-corrected chi connectivity index (χ0v) is 12.7. The van der Waals surface area contributed by atoms with Crippen molar-refractivity contribution in [3.8, 4) is 0 Å². The van der Waals surface area contributed by atoms with Gasteiger partial charge in [-0.15, -0.1) is 0 Å². The van der Waals surface area contributed by atoms with Crippen molar-refractivity contribution >= 4 is 11.6 Å². The van der Waals surface area contributed by atoms with Crippen molar-refractivity contribution in [1.29, 1.82) is 0 Å². The number of amides is 1. The molecule has 1 amide bonds. The van der Waals surface area contributed by atoms with Gasteiger partial charge in [-0.3, -0.25) is 4.79 Å². The lowest BCUT2D eigenvalue weighted by Gasteiger charge is -2.12. The molecule has 2 heteroatoms. The van der Waals surface area contributed by atoms with E-state index in [2.05, 4.69) is 23.5 Å². The van der Waals surface area contributed by atoms with Crippen LogP contribution in [-0.2, 0) is 24.1 Å². The van der Waals surface area contributed by atoms with Gasteiger partial charge in [-0.2, -0.15) is 0 Å². The number of fused-ring (bicyclic) bond motifs is 1. The topological polar surface area (TPSA) is 29.1 Å². The van der Waals surface area contributed by atoms with E-state index in [0.29, 0.717) is 6.42 Å². The Bertz CT molecular complexity index is 668. The molecule has 1 aliphatic carbocycles. The van der Waals surface area contributed by atoms with E-state index in [0.717, 1.165) is 28.8 Å². The van der Waals surface area contributed by atoms with Crippen molar-refractivity contribution in [1.82, 2.24) is 0 Å². The summed E-state index contributed by atoms with van der Waals surface area (Å²) in [6.45, 7) is 4.05. The predicted octanol–water partition coefficient (Wildman–Crippen LogP) is 3.97. The van der Waals surface area contributed by atoms with Crippen molar-refractivity contribution in [3.63, 3.8) is 0 Å². The molecule has 0 heterocycles. The highest BCUT2D eigenvalue weighted by Gasteiger charge is 2.13. The lowest BCUT2D eigenvalue weighted by atomic mass is 10.0. The van der Waals surface area contributed by atoms with Gasteiger partial charge in [-0.1, -0.05) is 36.4 Å². The fourth-order valence-corrected chi connectivity index (χ4v) is 3.12. The van der Waals surface area contributed by atoms with E-state index in [1.807, 2.05) is 32.0 Å². The Kier molecular flexibility index (Phi) is 3.78. The average molecular weight is 279 g/mol. The van der Waals surface area contributed by atoms with Gasteiger partial charge < -0.3 is 5.32 Å². The number of carbonyl (C=O) groups is 1. The van der Waals surface area contributed by atoms with Crippen LogP contribution in [0.25, 0.3) is 0 Å². The first-order valence-electron chi connectivity index (χ1n) is 7.60. The normalized spacial score (nSPS) is 13.0. The average Bonchev–Trinajstić information content (AvgIpc) is 2.90. The number of benzene rings is 2. The molecule has 0 aliphatic heterocycles. The highest BCUT2D eigenvalue weighted by Crippen LogP contribution is 2.24. The Hall–Kier alpha value is -2.09. The van der Waals surface area contributed by atoms with Crippen molar-refractivity contribution < 1.29 is 4.79 Å². The van der Waals surface area contributed by atoms with E-state index >= 15 is 0 Å². The summed E-state index contributed by atoms with van der Waals surface area (Å²) in [4.78, 5) is 12.3. The van der Waals surface area contributed by atoms with Gasteiger partial charge in [-0.05, 0) is 60.9 Å². The van der Waals surface area contributed by atoms with Gasteiger partial charge in [-0.25, -0.2) is 0 Å². The molecule has 0 bridgehead atoms. The Morgan fingerprint density at radius 2 is 1.76 bits per heavy atom. The van der Waals surface area contributed by atoms with Gasteiger partial charge in [0.1, 0.15) is 0 Å². The summed E-state index contributed by atoms with van der Waals surface area (Å²) in [7, 11) is 0. The van der Waals surface area contributed by atoms with E-state index in [1.165, 1.54) is 24.0 Å². The minimum absolute atomic E-state index is 0.0605. The third-order valence-electron chi connectivity index (χ3n) is 4.27. The van der Waals surface area contributed by atoms with Crippen molar-refractivity contribution in [3.05, 3.63) is 64.2 Å². The largest absolute Gasteiger partial charge is 0.325 e. The third kappa shape index (κ3) is 2.99. The van der Waals surface area contributed by atoms with Crippen LogP contribution >= 0.6 is 0 Å². The molecule has 0 fully saturated rings. The molecular weight excluding hydrogens is 258 g/mol. The van der Waals surface area contributed by atoms with Crippen LogP contribution in [0.3, 0.4) is 0 Å². The van der Waals surface area contributed by atoms with Crippen LogP contribution in [-0.4, -0.2) is 5.91 Å². The first-order chi connectivity index (χ1) is 10.1. The predicted molar refractivity (Wildman–Crippen MR) is 86.7 cm³/mol. The molecule has 0 atom stereocenters. The maximum absolute atomic E-state index is 12.3. The molecule has 2 aromatic rings. The van der Waals surface area contributed by atoms with Gasteiger partial charge in [0.2, 0.25) is 5.91 Å². The van der Waals surface area contributed by atoms with E-state index in [-0.39, 0.29) is 5.91 Å². The summed E-state index contributed by atoms with van der Waals surface area (Å²) in [5, 5.41) is 3.06. The Morgan fingerprint density at radius 1 is 1.05 bits per heavy atom. The molecule has 0 radical (unpaired) electrons. The van der Waals surface area contributed by atoms with Gasteiger partial charge >= 0.3 is 0 Å². The monoisotopic (exact) mass is 279 g/mol. The maximum atomic E-state index is 12.3. The smallest absolute Gasteiger partial charge is 0.228 e. The van der Waals surface area contributed by atoms with Crippen molar-refractivity contribution in [2.45, 2.75) is 39.5 Å². The second-order valence-corrected chi connectivity index (χ2v) is 5.95. The summed E-state index contributed by atoms with van der Waals surface area (Å²) in [5.74, 6) is 0.0605. The van der Waals surface area contributed by atoms with Crippen molar-refractivity contribution in [2.75, 3.05) is 5.32 Å².